The molecule has 1 amide bonds. The summed E-state index contributed by atoms with van der Waals surface area (Å²) in [5, 5.41) is 3.55. The van der Waals surface area contributed by atoms with Crippen LogP contribution in [0.1, 0.15) is 19.4 Å². The van der Waals surface area contributed by atoms with Crippen molar-refractivity contribution in [2.45, 2.75) is 19.3 Å². The molecule has 0 aromatic heterocycles. The monoisotopic (exact) mass is 317 g/mol. The van der Waals surface area contributed by atoms with Crippen molar-refractivity contribution in [3.63, 3.8) is 0 Å². The molecule has 2 aromatic rings. The van der Waals surface area contributed by atoms with Gasteiger partial charge < -0.3 is 10.1 Å². The quantitative estimate of drug-likeness (QED) is 0.879. The molecule has 3 nitrogen and oxygen atoms in total. The molecule has 0 aliphatic rings. The average Bonchev–Trinajstić information content (AvgIpc) is 2.53. The smallest absolute Gasteiger partial charge is 0.257 e. The number of halogens is 1. The van der Waals surface area contributed by atoms with Crippen LogP contribution in [0, 0.1) is 0 Å². The van der Waals surface area contributed by atoms with Gasteiger partial charge in [-0.1, -0.05) is 55.8 Å². The van der Waals surface area contributed by atoms with Crippen LogP contribution in [-0.2, 0) is 10.2 Å². The summed E-state index contributed by atoms with van der Waals surface area (Å²) in [6, 6.07) is 17.1. The maximum absolute atomic E-state index is 11.9. The van der Waals surface area contributed by atoms with Gasteiger partial charge in [0.25, 0.3) is 5.91 Å². The minimum Gasteiger partial charge on any atom is -0.484 e. The number of carbonyl (C=O) groups is 1. The van der Waals surface area contributed by atoms with Gasteiger partial charge in [0.2, 0.25) is 0 Å². The fourth-order valence-corrected chi connectivity index (χ4v) is 2.17. The Morgan fingerprint density at radius 1 is 1.09 bits per heavy atom. The summed E-state index contributed by atoms with van der Waals surface area (Å²) in [4.78, 5) is 11.9. The molecule has 0 saturated heterocycles. The Hall–Kier alpha value is -2.00. The van der Waals surface area contributed by atoms with Gasteiger partial charge in [0, 0.05) is 17.0 Å². The zero-order valence-electron chi connectivity index (χ0n) is 12.8. The second-order valence-electron chi connectivity index (χ2n) is 5.77. The van der Waals surface area contributed by atoms with Crippen LogP contribution in [0.15, 0.2) is 54.6 Å². The number of ether oxygens (including phenoxy) is 1. The lowest BCUT2D eigenvalue weighted by molar-refractivity contribution is -0.123. The molecule has 0 fully saturated rings. The van der Waals surface area contributed by atoms with Gasteiger partial charge >= 0.3 is 0 Å². The number of hydrogen-bond donors (Lipinski definition) is 1. The second kappa shape index (κ2) is 7.32. The van der Waals surface area contributed by atoms with E-state index in [0.717, 1.165) is 0 Å². The average molecular weight is 318 g/mol. The van der Waals surface area contributed by atoms with Crippen LogP contribution in [0.2, 0.25) is 5.02 Å². The van der Waals surface area contributed by atoms with E-state index in [1.807, 2.05) is 18.2 Å². The Morgan fingerprint density at radius 2 is 1.73 bits per heavy atom. The Labute approximate surface area is 136 Å². The highest BCUT2D eigenvalue weighted by Gasteiger charge is 2.21. The molecular weight excluding hydrogens is 298 g/mol. The molecule has 2 aromatic carbocycles. The molecule has 0 atom stereocenters. The lowest BCUT2D eigenvalue weighted by Crippen LogP contribution is -2.38. The number of rotatable bonds is 6. The van der Waals surface area contributed by atoms with Crippen molar-refractivity contribution in [2.24, 2.45) is 0 Å². The molecule has 22 heavy (non-hydrogen) atoms. The molecule has 0 radical (unpaired) electrons. The summed E-state index contributed by atoms with van der Waals surface area (Å²) < 4.78 is 5.42. The SMILES string of the molecule is CC(C)(CNC(=O)COc1ccc(Cl)cc1)c1ccccc1. The van der Waals surface area contributed by atoms with Gasteiger partial charge in [-0.2, -0.15) is 0 Å². The lowest BCUT2D eigenvalue weighted by atomic mass is 9.84. The van der Waals surface area contributed by atoms with Crippen molar-refractivity contribution >= 4 is 17.5 Å². The predicted molar refractivity (Wildman–Crippen MR) is 89.4 cm³/mol. The first-order chi connectivity index (χ1) is 10.5. The third-order valence-electron chi connectivity index (χ3n) is 3.47. The zero-order valence-corrected chi connectivity index (χ0v) is 13.6. The van der Waals surface area contributed by atoms with Crippen molar-refractivity contribution in [1.82, 2.24) is 5.32 Å². The van der Waals surface area contributed by atoms with E-state index in [4.69, 9.17) is 16.3 Å². The number of amides is 1. The standard InChI is InChI=1S/C18H20ClNO2/c1-18(2,14-6-4-3-5-7-14)13-20-17(21)12-22-16-10-8-15(19)9-11-16/h3-11H,12-13H2,1-2H3,(H,20,21). The first-order valence-electron chi connectivity index (χ1n) is 7.18. The van der Waals surface area contributed by atoms with Gasteiger partial charge in [0.1, 0.15) is 5.75 Å². The largest absolute Gasteiger partial charge is 0.484 e. The highest BCUT2D eigenvalue weighted by Crippen LogP contribution is 2.21. The van der Waals surface area contributed by atoms with Crippen molar-refractivity contribution in [3.05, 3.63) is 65.2 Å². The highest BCUT2D eigenvalue weighted by molar-refractivity contribution is 6.30. The maximum Gasteiger partial charge on any atom is 0.257 e. The van der Waals surface area contributed by atoms with Gasteiger partial charge in [-0.15, -0.1) is 0 Å². The van der Waals surface area contributed by atoms with Gasteiger partial charge in [0.15, 0.2) is 6.61 Å². The summed E-state index contributed by atoms with van der Waals surface area (Å²) in [5.41, 5.74) is 1.06. The first-order valence-corrected chi connectivity index (χ1v) is 7.56. The summed E-state index contributed by atoms with van der Waals surface area (Å²) in [6.45, 7) is 4.75. The van der Waals surface area contributed by atoms with E-state index < -0.39 is 0 Å². The summed E-state index contributed by atoms with van der Waals surface area (Å²) in [6.07, 6.45) is 0. The van der Waals surface area contributed by atoms with Gasteiger partial charge in [0.05, 0.1) is 0 Å². The first kappa shape index (κ1) is 16.4. The Kier molecular flexibility index (Phi) is 5.45. The molecule has 116 valence electrons. The number of nitrogens with one attached hydrogen (secondary N) is 1. The van der Waals surface area contributed by atoms with E-state index in [2.05, 4.69) is 31.3 Å². The number of carbonyl (C=O) groups excluding carboxylic acids is 1. The molecule has 0 spiro atoms. The zero-order chi connectivity index (χ0) is 16.0. The van der Waals surface area contributed by atoms with E-state index >= 15 is 0 Å². The third kappa shape index (κ3) is 4.78. The summed E-state index contributed by atoms with van der Waals surface area (Å²) >= 11 is 5.80. The van der Waals surface area contributed by atoms with Gasteiger partial charge in [-0.25, -0.2) is 0 Å². The normalized spacial score (nSPS) is 11.0. The van der Waals surface area contributed by atoms with Crippen LogP contribution in [0.4, 0.5) is 0 Å². The molecule has 1 N–H and O–H groups in total. The summed E-state index contributed by atoms with van der Waals surface area (Å²) in [7, 11) is 0. The molecular formula is C18H20ClNO2. The molecule has 0 aliphatic carbocycles. The lowest BCUT2D eigenvalue weighted by Gasteiger charge is -2.25. The highest BCUT2D eigenvalue weighted by atomic mass is 35.5. The Morgan fingerprint density at radius 3 is 2.36 bits per heavy atom. The number of benzene rings is 2. The van der Waals surface area contributed by atoms with Gasteiger partial charge in [-0.05, 0) is 29.8 Å². The van der Waals surface area contributed by atoms with E-state index in [1.165, 1.54) is 5.56 Å². The maximum atomic E-state index is 11.9. The van der Waals surface area contributed by atoms with Crippen molar-refractivity contribution in [3.8, 4) is 5.75 Å². The van der Waals surface area contributed by atoms with Crippen LogP contribution in [0.3, 0.4) is 0 Å². The van der Waals surface area contributed by atoms with Gasteiger partial charge in [-0.3, -0.25) is 4.79 Å². The topological polar surface area (TPSA) is 38.3 Å². The van der Waals surface area contributed by atoms with E-state index in [1.54, 1.807) is 24.3 Å². The van der Waals surface area contributed by atoms with Crippen molar-refractivity contribution in [1.29, 1.82) is 0 Å². The molecule has 0 aliphatic heterocycles. The van der Waals surface area contributed by atoms with Crippen molar-refractivity contribution in [2.75, 3.05) is 13.2 Å². The molecule has 0 unspecified atom stereocenters. The van der Waals surface area contributed by atoms with E-state index in [0.29, 0.717) is 17.3 Å². The predicted octanol–water partition coefficient (Wildman–Crippen LogP) is 3.81. The minimum absolute atomic E-state index is 0.00744. The molecule has 4 heteroatoms. The van der Waals surface area contributed by atoms with Crippen LogP contribution in [0.5, 0.6) is 5.75 Å². The third-order valence-corrected chi connectivity index (χ3v) is 3.72. The molecule has 0 saturated carbocycles. The van der Waals surface area contributed by atoms with Crippen molar-refractivity contribution < 1.29 is 9.53 Å². The second-order valence-corrected chi connectivity index (χ2v) is 6.21. The Bertz CT molecular complexity index is 609. The molecule has 2 rings (SSSR count). The summed E-state index contributed by atoms with van der Waals surface area (Å²) in [5.74, 6) is 0.487. The minimum atomic E-state index is -0.140. The molecule has 0 bridgehead atoms. The van der Waals surface area contributed by atoms with Crippen LogP contribution < -0.4 is 10.1 Å². The number of hydrogen-bond acceptors (Lipinski definition) is 2. The fraction of sp³-hybridized carbons (Fsp3) is 0.278. The Balaban J connectivity index is 1.81. The van der Waals surface area contributed by atoms with Crippen LogP contribution >= 0.6 is 11.6 Å². The van der Waals surface area contributed by atoms with Crippen LogP contribution in [-0.4, -0.2) is 19.1 Å². The molecule has 0 heterocycles. The van der Waals surface area contributed by atoms with E-state index in [-0.39, 0.29) is 17.9 Å². The van der Waals surface area contributed by atoms with E-state index in [9.17, 15) is 4.79 Å². The fourth-order valence-electron chi connectivity index (χ4n) is 2.04. The van der Waals surface area contributed by atoms with Crippen LogP contribution in [0.25, 0.3) is 0 Å².